The van der Waals surface area contributed by atoms with E-state index in [1.807, 2.05) is 19.1 Å². The molecule has 0 atom stereocenters. The van der Waals surface area contributed by atoms with E-state index < -0.39 is 0 Å². The van der Waals surface area contributed by atoms with Crippen LogP contribution in [0.15, 0.2) is 30.5 Å². The number of hydrogen-bond donors (Lipinski definition) is 2. The molecule has 3 N–H and O–H groups in total. The molecule has 2 aromatic rings. The van der Waals surface area contributed by atoms with Gasteiger partial charge in [0, 0.05) is 24.7 Å². The van der Waals surface area contributed by atoms with Crippen molar-refractivity contribution in [2.24, 2.45) is 7.05 Å². The molecular formula is C13H16N4O. The zero-order valence-corrected chi connectivity index (χ0v) is 10.5. The quantitative estimate of drug-likeness (QED) is 0.853. The summed E-state index contributed by atoms with van der Waals surface area (Å²) in [7, 11) is 1.76. The van der Waals surface area contributed by atoms with Gasteiger partial charge in [-0.05, 0) is 19.1 Å². The summed E-state index contributed by atoms with van der Waals surface area (Å²) in [5, 5.41) is 6.84. The Morgan fingerprint density at radius 1 is 1.39 bits per heavy atom. The van der Waals surface area contributed by atoms with E-state index >= 15 is 0 Å². The van der Waals surface area contributed by atoms with Crippen molar-refractivity contribution in [3.8, 4) is 0 Å². The van der Waals surface area contributed by atoms with Crippen LogP contribution in [0, 0.1) is 6.92 Å². The van der Waals surface area contributed by atoms with Crippen LogP contribution in [-0.2, 0) is 13.6 Å². The lowest BCUT2D eigenvalue weighted by Crippen LogP contribution is -2.23. The molecule has 5 heteroatoms. The first-order valence-electron chi connectivity index (χ1n) is 5.69. The molecule has 0 fully saturated rings. The summed E-state index contributed by atoms with van der Waals surface area (Å²) in [6.45, 7) is 2.37. The number of benzene rings is 1. The Kier molecular flexibility index (Phi) is 3.32. The Morgan fingerprint density at radius 3 is 2.61 bits per heavy atom. The van der Waals surface area contributed by atoms with Crippen LogP contribution in [0.2, 0.25) is 0 Å². The summed E-state index contributed by atoms with van der Waals surface area (Å²) >= 11 is 0. The molecule has 0 unspecified atom stereocenters. The molecule has 0 aliphatic heterocycles. The molecule has 0 saturated carbocycles. The third-order valence-corrected chi connectivity index (χ3v) is 2.82. The smallest absolute Gasteiger partial charge is 0.251 e. The van der Waals surface area contributed by atoms with E-state index in [-0.39, 0.29) is 5.91 Å². The van der Waals surface area contributed by atoms with Crippen LogP contribution in [0.1, 0.15) is 21.5 Å². The number of aryl methyl sites for hydroxylation is 2. The van der Waals surface area contributed by atoms with Gasteiger partial charge in [0.05, 0.1) is 6.20 Å². The zero-order valence-electron chi connectivity index (χ0n) is 10.5. The van der Waals surface area contributed by atoms with Gasteiger partial charge in [-0.3, -0.25) is 9.48 Å². The van der Waals surface area contributed by atoms with Crippen molar-refractivity contribution in [1.29, 1.82) is 0 Å². The maximum absolute atomic E-state index is 11.9. The van der Waals surface area contributed by atoms with Gasteiger partial charge in [0.2, 0.25) is 0 Å². The molecule has 5 nitrogen and oxygen atoms in total. The SMILES string of the molecule is Cc1ccc(C(=O)NCc2cnn(C)c2N)cc1. The van der Waals surface area contributed by atoms with Crippen molar-refractivity contribution >= 4 is 11.7 Å². The van der Waals surface area contributed by atoms with Gasteiger partial charge in [-0.25, -0.2) is 0 Å². The third kappa shape index (κ3) is 2.51. The number of nitrogens with zero attached hydrogens (tertiary/aromatic N) is 2. The Morgan fingerprint density at radius 2 is 2.06 bits per heavy atom. The normalized spacial score (nSPS) is 10.3. The van der Waals surface area contributed by atoms with Crippen LogP contribution in [0.4, 0.5) is 5.82 Å². The molecular weight excluding hydrogens is 228 g/mol. The number of carbonyl (C=O) groups excluding carboxylic acids is 1. The second kappa shape index (κ2) is 4.91. The lowest BCUT2D eigenvalue weighted by Gasteiger charge is -2.05. The minimum absolute atomic E-state index is 0.113. The lowest BCUT2D eigenvalue weighted by atomic mass is 10.1. The van der Waals surface area contributed by atoms with Gasteiger partial charge in [-0.2, -0.15) is 5.10 Å². The molecule has 1 aromatic carbocycles. The van der Waals surface area contributed by atoms with Gasteiger partial charge in [0.25, 0.3) is 5.91 Å². The van der Waals surface area contributed by atoms with E-state index in [4.69, 9.17) is 5.73 Å². The second-order valence-corrected chi connectivity index (χ2v) is 4.23. The molecule has 0 aliphatic rings. The predicted octanol–water partition coefficient (Wildman–Crippen LogP) is 1.24. The van der Waals surface area contributed by atoms with E-state index in [0.29, 0.717) is 17.9 Å². The molecule has 1 amide bonds. The van der Waals surface area contributed by atoms with E-state index in [1.54, 1.807) is 30.1 Å². The van der Waals surface area contributed by atoms with Gasteiger partial charge in [-0.1, -0.05) is 17.7 Å². The molecule has 1 heterocycles. The van der Waals surface area contributed by atoms with Gasteiger partial charge in [-0.15, -0.1) is 0 Å². The largest absolute Gasteiger partial charge is 0.384 e. The van der Waals surface area contributed by atoms with Crippen molar-refractivity contribution in [2.45, 2.75) is 13.5 Å². The van der Waals surface area contributed by atoms with E-state index in [0.717, 1.165) is 11.1 Å². The fraction of sp³-hybridized carbons (Fsp3) is 0.231. The molecule has 2 rings (SSSR count). The summed E-state index contributed by atoms with van der Waals surface area (Å²) in [5.41, 5.74) is 8.38. The van der Waals surface area contributed by atoms with E-state index in [9.17, 15) is 4.79 Å². The Balaban J connectivity index is 2.00. The van der Waals surface area contributed by atoms with Gasteiger partial charge >= 0.3 is 0 Å². The first-order chi connectivity index (χ1) is 8.58. The average Bonchev–Trinajstić information content (AvgIpc) is 2.68. The molecule has 94 valence electrons. The molecule has 0 spiro atoms. The number of amides is 1. The number of nitrogen functional groups attached to an aromatic ring is 1. The first kappa shape index (κ1) is 12.2. The number of aromatic nitrogens is 2. The van der Waals surface area contributed by atoms with E-state index in [1.165, 1.54) is 0 Å². The third-order valence-electron chi connectivity index (χ3n) is 2.82. The maximum atomic E-state index is 11.9. The van der Waals surface area contributed by atoms with Crippen LogP contribution in [0.3, 0.4) is 0 Å². The van der Waals surface area contributed by atoms with Crippen LogP contribution < -0.4 is 11.1 Å². The van der Waals surface area contributed by atoms with Gasteiger partial charge in [0.15, 0.2) is 0 Å². The number of rotatable bonds is 3. The Labute approximate surface area is 106 Å². The van der Waals surface area contributed by atoms with Crippen molar-refractivity contribution in [2.75, 3.05) is 5.73 Å². The zero-order chi connectivity index (χ0) is 13.1. The summed E-state index contributed by atoms with van der Waals surface area (Å²) in [6.07, 6.45) is 1.66. The highest BCUT2D eigenvalue weighted by Gasteiger charge is 2.08. The fourth-order valence-corrected chi connectivity index (χ4v) is 1.61. The monoisotopic (exact) mass is 244 g/mol. The molecule has 0 aliphatic carbocycles. The number of carbonyl (C=O) groups is 1. The molecule has 1 aromatic heterocycles. The number of nitrogens with one attached hydrogen (secondary N) is 1. The Bertz CT molecular complexity index is 557. The summed E-state index contributed by atoms with van der Waals surface area (Å²) in [5.74, 6) is 0.456. The molecule has 0 saturated heterocycles. The molecule has 0 bridgehead atoms. The lowest BCUT2D eigenvalue weighted by molar-refractivity contribution is 0.0951. The van der Waals surface area contributed by atoms with Gasteiger partial charge < -0.3 is 11.1 Å². The molecule has 0 radical (unpaired) electrons. The highest BCUT2D eigenvalue weighted by atomic mass is 16.1. The number of nitrogens with two attached hydrogens (primary N) is 1. The summed E-state index contributed by atoms with van der Waals surface area (Å²) in [6, 6.07) is 7.43. The van der Waals surface area contributed by atoms with Crippen molar-refractivity contribution in [1.82, 2.24) is 15.1 Å². The minimum Gasteiger partial charge on any atom is -0.384 e. The second-order valence-electron chi connectivity index (χ2n) is 4.23. The number of anilines is 1. The van der Waals surface area contributed by atoms with Crippen molar-refractivity contribution in [3.05, 3.63) is 47.2 Å². The van der Waals surface area contributed by atoms with Crippen molar-refractivity contribution < 1.29 is 4.79 Å². The predicted molar refractivity (Wildman–Crippen MR) is 70.0 cm³/mol. The van der Waals surface area contributed by atoms with Crippen LogP contribution in [0.5, 0.6) is 0 Å². The highest BCUT2D eigenvalue weighted by Crippen LogP contribution is 2.09. The van der Waals surface area contributed by atoms with Crippen LogP contribution >= 0.6 is 0 Å². The highest BCUT2D eigenvalue weighted by molar-refractivity contribution is 5.94. The standard InChI is InChI=1S/C13H16N4O/c1-9-3-5-10(6-4-9)13(18)15-7-11-8-16-17(2)12(11)14/h3-6,8H,7,14H2,1-2H3,(H,15,18). The summed E-state index contributed by atoms with van der Waals surface area (Å²) < 4.78 is 1.58. The van der Waals surface area contributed by atoms with Crippen molar-refractivity contribution in [3.63, 3.8) is 0 Å². The van der Waals surface area contributed by atoms with E-state index in [2.05, 4.69) is 10.4 Å². The van der Waals surface area contributed by atoms with Crippen LogP contribution in [0.25, 0.3) is 0 Å². The van der Waals surface area contributed by atoms with Gasteiger partial charge in [0.1, 0.15) is 5.82 Å². The van der Waals surface area contributed by atoms with Crippen LogP contribution in [-0.4, -0.2) is 15.7 Å². The average molecular weight is 244 g/mol. The fourth-order valence-electron chi connectivity index (χ4n) is 1.61. The topological polar surface area (TPSA) is 72.9 Å². The number of hydrogen-bond acceptors (Lipinski definition) is 3. The maximum Gasteiger partial charge on any atom is 0.251 e. The minimum atomic E-state index is -0.113. The molecule has 18 heavy (non-hydrogen) atoms. The summed E-state index contributed by atoms with van der Waals surface area (Å²) in [4.78, 5) is 11.9. The first-order valence-corrected chi connectivity index (χ1v) is 5.69. The Hall–Kier alpha value is -2.30.